The van der Waals surface area contributed by atoms with Gasteiger partial charge in [0.2, 0.25) is 0 Å². The van der Waals surface area contributed by atoms with Gasteiger partial charge in [0.05, 0.1) is 32.8 Å². The molecule has 0 bridgehead atoms. The average Bonchev–Trinajstić information content (AvgIpc) is 0.903. The summed E-state index contributed by atoms with van der Waals surface area (Å²) < 4.78 is 68.2. The number of carbonyl (C=O) groups excluding carboxylic acids is 4. The molecule has 0 rings (SSSR count). The van der Waals surface area contributed by atoms with Crippen LogP contribution in [0.4, 0.5) is 0 Å². The maximum atomic E-state index is 13.1. The van der Waals surface area contributed by atoms with Crippen molar-refractivity contribution in [3.8, 4) is 0 Å². The molecule has 0 spiro atoms. The summed E-state index contributed by atoms with van der Waals surface area (Å²) in [5, 5.41) is 10.6. The van der Waals surface area contributed by atoms with E-state index in [1.807, 2.05) is 54.7 Å². The molecular weight excluding hydrogens is 1380 g/mol. The number of ether oxygens (including phenoxy) is 4. The zero-order valence-corrected chi connectivity index (χ0v) is 66.3. The Bertz CT molecular complexity index is 2930. The van der Waals surface area contributed by atoms with Crippen LogP contribution in [0.1, 0.15) is 233 Å². The number of aliphatic hydroxyl groups excluding tert-OH is 1. The van der Waals surface area contributed by atoms with E-state index in [1.165, 1.54) is 0 Å². The van der Waals surface area contributed by atoms with E-state index in [-0.39, 0.29) is 25.7 Å². The summed E-state index contributed by atoms with van der Waals surface area (Å²) >= 11 is 0. The minimum absolute atomic E-state index is 0.00727. The highest BCUT2D eigenvalue weighted by Gasteiger charge is 2.30. The van der Waals surface area contributed by atoms with Crippen molar-refractivity contribution in [2.24, 2.45) is 0 Å². The lowest BCUT2D eigenvalue weighted by Crippen LogP contribution is -2.30. The molecule has 0 radical (unpaired) electrons. The van der Waals surface area contributed by atoms with Crippen molar-refractivity contribution >= 4 is 39.5 Å². The first-order valence-electron chi connectivity index (χ1n) is 38.6. The van der Waals surface area contributed by atoms with Crippen LogP contribution in [-0.2, 0) is 65.4 Å². The Morgan fingerprint density at radius 1 is 0.283 bits per heavy atom. The molecule has 0 amide bonds. The van der Waals surface area contributed by atoms with E-state index in [1.54, 1.807) is 6.08 Å². The first kappa shape index (κ1) is 99.1. The van der Waals surface area contributed by atoms with Gasteiger partial charge in [0.25, 0.3) is 0 Å². The molecular formula is C87H132O17P2. The molecule has 106 heavy (non-hydrogen) atoms. The second-order valence-corrected chi connectivity index (χ2v) is 27.4. The van der Waals surface area contributed by atoms with Gasteiger partial charge in [-0.3, -0.25) is 37.3 Å². The van der Waals surface area contributed by atoms with E-state index < -0.39 is 97.5 Å². The van der Waals surface area contributed by atoms with Crippen molar-refractivity contribution in [1.29, 1.82) is 0 Å². The molecule has 0 fully saturated rings. The topological polar surface area (TPSA) is 237 Å². The van der Waals surface area contributed by atoms with Crippen LogP contribution in [0.25, 0.3) is 0 Å². The zero-order valence-electron chi connectivity index (χ0n) is 64.5. The summed E-state index contributed by atoms with van der Waals surface area (Å²) in [4.78, 5) is 72.8. The summed E-state index contributed by atoms with van der Waals surface area (Å²) in [5.74, 6) is -2.57. The van der Waals surface area contributed by atoms with E-state index in [0.29, 0.717) is 38.5 Å². The third-order valence-electron chi connectivity index (χ3n) is 14.6. The molecule has 17 nitrogen and oxygen atoms in total. The van der Waals surface area contributed by atoms with Gasteiger partial charge in [0, 0.05) is 19.3 Å². The Morgan fingerprint density at radius 2 is 0.547 bits per heavy atom. The molecule has 0 saturated heterocycles. The monoisotopic (exact) mass is 1510 g/mol. The zero-order chi connectivity index (χ0) is 77.4. The molecule has 5 unspecified atom stereocenters. The summed E-state index contributed by atoms with van der Waals surface area (Å²) in [6.07, 6.45) is 98.2. The van der Waals surface area contributed by atoms with Gasteiger partial charge < -0.3 is 33.8 Å². The predicted octanol–water partition coefficient (Wildman–Crippen LogP) is 22.7. The van der Waals surface area contributed by atoms with Crippen molar-refractivity contribution in [2.75, 3.05) is 39.6 Å². The van der Waals surface area contributed by atoms with E-state index in [2.05, 4.69) is 198 Å². The van der Waals surface area contributed by atoms with Crippen LogP contribution in [0.15, 0.2) is 231 Å². The number of esters is 4. The molecule has 592 valence electrons. The Morgan fingerprint density at radius 3 is 0.896 bits per heavy atom. The Kier molecular flexibility index (Phi) is 71.4. The normalized spacial score (nSPS) is 15.1. The third-order valence-corrected chi connectivity index (χ3v) is 16.5. The molecule has 0 aromatic carbocycles. The van der Waals surface area contributed by atoms with Crippen LogP contribution < -0.4 is 0 Å². The van der Waals surface area contributed by atoms with Gasteiger partial charge in [-0.25, -0.2) is 9.13 Å². The first-order valence-corrected chi connectivity index (χ1v) is 41.6. The molecule has 0 aliphatic carbocycles. The number of phosphoric acid groups is 2. The smallest absolute Gasteiger partial charge is 0.462 e. The first-order chi connectivity index (χ1) is 51.7. The van der Waals surface area contributed by atoms with Crippen molar-refractivity contribution in [2.45, 2.75) is 251 Å². The third kappa shape index (κ3) is 75.4. The molecule has 5 atom stereocenters. The second kappa shape index (κ2) is 76.3. The van der Waals surface area contributed by atoms with Crippen LogP contribution in [0.2, 0.25) is 0 Å². The van der Waals surface area contributed by atoms with Crippen LogP contribution in [0, 0.1) is 0 Å². The van der Waals surface area contributed by atoms with Gasteiger partial charge >= 0.3 is 39.5 Å². The Balaban J connectivity index is 5.61. The second-order valence-electron chi connectivity index (χ2n) is 24.5. The number of aliphatic hydroxyl groups is 1. The summed E-state index contributed by atoms with van der Waals surface area (Å²) in [7, 11) is -10.1. The maximum Gasteiger partial charge on any atom is 0.472 e. The molecule has 0 aromatic rings. The van der Waals surface area contributed by atoms with Crippen LogP contribution in [0.3, 0.4) is 0 Å². The lowest BCUT2D eigenvalue weighted by Gasteiger charge is -2.21. The average molecular weight is 1510 g/mol. The fraction of sp³-hybridized carbons (Fsp3) is 0.517. The quantitative estimate of drug-likeness (QED) is 0.0169. The highest BCUT2D eigenvalue weighted by atomic mass is 31.2. The van der Waals surface area contributed by atoms with Crippen molar-refractivity contribution in [3.05, 3.63) is 231 Å². The number of unbranched alkanes of at least 4 members (excludes halogenated alkanes) is 6. The number of phosphoric ester groups is 2. The lowest BCUT2D eigenvalue weighted by molar-refractivity contribution is -0.161. The minimum atomic E-state index is -5.04. The standard InChI is InChI=1S/C87H132O17P2/c1-5-9-13-17-21-25-29-33-36-38-40-42-45-49-52-56-60-64-68-72-85(90)98-78-83(104-87(92)74-70-66-62-58-54-50-46-43-41-39-37-34-30-26-22-18-14-10-6-2)80-102-106(95,96)100-76-81(88)75-99-105(93,94)101-79-82(103-86(91)73-69-65-61-57-53-47-32-28-24-20-16-12-8-4)77-97-84(89)71-67-63-59-55-51-48-44-35-31-27-23-19-15-11-7-3/h9-11,13-16,20-23,25-28,32-37,40-44,49-52,54-55,60,62-64,66-67,81-83,88H,5-8,12,17-19,24,29-31,38-39,45-48,53,56-59,61,65,68-80H2,1-4H3,(H,93,94)(H,95,96)/b13-9-,14-10-,15-11-,20-16-,25-21-,26-22-,27-23-,32-28-,36-33-,37-34-,42-40-,43-41-,44-35-,52-49-,54-50-,55-51-,64-60-,66-62-,67-63-. The Labute approximate surface area is 638 Å². The largest absolute Gasteiger partial charge is 0.472 e. The number of carbonyl (C=O) groups is 4. The number of hydrogen-bond donors (Lipinski definition) is 3. The summed E-state index contributed by atoms with van der Waals surface area (Å²) in [6.45, 7) is 4.09. The van der Waals surface area contributed by atoms with E-state index in [0.717, 1.165) is 141 Å². The van der Waals surface area contributed by atoms with Gasteiger partial charge in [-0.05, 0) is 154 Å². The van der Waals surface area contributed by atoms with Gasteiger partial charge in [0.1, 0.15) is 19.3 Å². The summed E-state index contributed by atoms with van der Waals surface area (Å²) in [5.41, 5.74) is 0. The lowest BCUT2D eigenvalue weighted by atomic mass is 10.1. The number of rotatable bonds is 69. The molecule has 3 N–H and O–H groups in total. The fourth-order valence-electron chi connectivity index (χ4n) is 8.91. The van der Waals surface area contributed by atoms with Crippen molar-refractivity contribution in [3.63, 3.8) is 0 Å². The number of allylic oxidation sites excluding steroid dienone is 37. The molecule has 0 aromatic heterocycles. The molecule has 0 saturated carbocycles. The fourth-order valence-corrected chi connectivity index (χ4v) is 10.5. The van der Waals surface area contributed by atoms with Crippen molar-refractivity contribution < 1.29 is 80.2 Å². The van der Waals surface area contributed by atoms with Gasteiger partial charge in [-0.1, -0.05) is 284 Å². The van der Waals surface area contributed by atoms with E-state index in [4.69, 9.17) is 37.0 Å². The SMILES string of the molecule is CC/C=C\C/C=C\C/C=C\C/C=C\C/C=C\C/C=C\CCC(=O)OCC(COP(=O)(O)OCC(O)COP(=O)(O)OCC(COC(=O)C/C=C\C/C=C\C/C=C\C/C=C\C/C=C\CC)OC(=O)CCCCCCC/C=C\C/C=C\CCC)OC(=O)CC/C=C\C/C=C\C/C=C\C/C=C\C/C=C\C/C=C\CC. The van der Waals surface area contributed by atoms with E-state index in [9.17, 15) is 43.2 Å². The van der Waals surface area contributed by atoms with Gasteiger partial charge in [-0.15, -0.1) is 0 Å². The summed E-state index contributed by atoms with van der Waals surface area (Å²) in [6, 6.07) is 0. The highest BCUT2D eigenvalue weighted by molar-refractivity contribution is 7.47. The van der Waals surface area contributed by atoms with Crippen LogP contribution in [-0.4, -0.2) is 96.7 Å². The number of hydrogen-bond acceptors (Lipinski definition) is 15. The molecule has 0 heterocycles. The molecule has 0 aliphatic heterocycles. The molecule has 19 heteroatoms. The highest BCUT2D eigenvalue weighted by Crippen LogP contribution is 2.45. The van der Waals surface area contributed by atoms with Crippen LogP contribution in [0.5, 0.6) is 0 Å². The maximum absolute atomic E-state index is 13.1. The Hall–Kier alpha value is -6.88. The van der Waals surface area contributed by atoms with Crippen molar-refractivity contribution in [1.82, 2.24) is 0 Å². The van der Waals surface area contributed by atoms with E-state index >= 15 is 0 Å². The van der Waals surface area contributed by atoms with Gasteiger partial charge in [0.15, 0.2) is 12.2 Å². The van der Waals surface area contributed by atoms with Crippen LogP contribution >= 0.6 is 15.6 Å². The minimum Gasteiger partial charge on any atom is -0.462 e. The predicted molar refractivity (Wildman–Crippen MR) is 435 cm³/mol. The van der Waals surface area contributed by atoms with Gasteiger partial charge in [-0.2, -0.15) is 0 Å². The molecule has 0 aliphatic rings.